The zero-order valence-electron chi connectivity index (χ0n) is 16.5. The van der Waals surface area contributed by atoms with Crippen molar-refractivity contribution in [3.05, 3.63) is 99.9 Å². The number of halogens is 1. The Morgan fingerprint density at radius 3 is 2.39 bits per heavy atom. The molecule has 0 atom stereocenters. The monoisotopic (exact) mass is 432 g/mol. The van der Waals surface area contributed by atoms with Gasteiger partial charge in [-0.15, -0.1) is 0 Å². The fourth-order valence-corrected chi connectivity index (χ4v) is 3.16. The Hall–Kier alpha value is -3.83. The number of hydrogen-bond donors (Lipinski definition) is 0. The van der Waals surface area contributed by atoms with Gasteiger partial charge in [0, 0.05) is 17.2 Å². The Morgan fingerprint density at radius 1 is 0.968 bits per heavy atom. The van der Waals surface area contributed by atoms with Gasteiger partial charge in [-0.2, -0.15) is 0 Å². The van der Waals surface area contributed by atoms with Crippen molar-refractivity contribution in [3.8, 4) is 22.6 Å². The largest absolute Gasteiger partial charge is 0.497 e. The van der Waals surface area contributed by atoms with Crippen molar-refractivity contribution in [2.45, 2.75) is 0 Å². The van der Waals surface area contributed by atoms with Crippen LogP contribution >= 0.6 is 11.6 Å². The molecule has 0 unspecified atom stereocenters. The lowest BCUT2D eigenvalue weighted by Crippen LogP contribution is -2.06. The summed E-state index contributed by atoms with van der Waals surface area (Å²) >= 11 is 5.91. The fourth-order valence-electron chi connectivity index (χ4n) is 3.03. The summed E-state index contributed by atoms with van der Waals surface area (Å²) in [5, 5.41) is 0.974. The number of methoxy groups -OCH3 is 1. The number of carbonyl (C=O) groups excluding carboxylic acids is 1. The molecule has 4 aromatic rings. The number of fused-ring (bicyclic) bond motifs is 1. The van der Waals surface area contributed by atoms with Crippen LogP contribution in [-0.2, 0) is 4.79 Å². The molecule has 0 fully saturated rings. The number of carbonyl (C=O) groups is 1. The van der Waals surface area contributed by atoms with Crippen LogP contribution in [0.15, 0.2) is 88.3 Å². The second kappa shape index (κ2) is 8.90. The molecule has 0 spiro atoms. The molecule has 0 radical (unpaired) electrons. The molecule has 0 aliphatic carbocycles. The van der Waals surface area contributed by atoms with Crippen molar-refractivity contribution >= 4 is 34.6 Å². The van der Waals surface area contributed by atoms with E-state index < -0.39 is 5.97 Å². The van der Waals surface area contributed by atoms with Crippen molar-refractivity contribution in [1.82, 2.24) is 0 Å². The van der Waals surface area contributed by atoms with Gasteiger partial charge in [0.15, 0.2) is 5.43 Å². The van der Waals surface area contributed by atoms with Crippen LogP contribution in [0.4, 0.5) is 0 Å². The SMILES string of the molecule is COc1ccc(C=CC(=O)Oc2ccc3c(=O)c(-c4ccc(Cl)cc4)coc3c2)cc1. The van der Waals surface area contributed by atoms with E-state index in [-0.39, 0.29) is 11.2 Å². The van der Waals surface area contributed by atoms with Gasteiger partial charge in [0.05, 0.1) is 18.1 Å². The van der Waals surface area contributed by atoms with E-state index in [9.17, 15) is 9.59 Å². The van der Waals surface area contributed by atoms with Gasteiger partial charge in [0.25, 0.3) is 0 Å². The number of benzene rings is 3. The minimum Gasteiger partial charge on any atom is -0.497 e. The van der Waals surface area contributed by atoms with Crippen LogP contribution in [-0.4, -0.2) is 13.1 Å². The normalized spacial score (nSPS) is 11.0. The average molecular weight is 433 g/mol. The highest BCUT2D eigenvalue weighted by molar-refractivity contribution is 6.30. The third kappa shape index (κ3) is 4.68. The Labute approximate surface area is 183 Å². The van der Waals surface area contributed by atoms with Crippen LogP contribution in [0, 0.1) is 0 Å². The van der Waals surface area contributed by atoms with E-state index in [2.05, 4.69) is 0 Å². The first-order valence-corrected chi connectivity index (χ1v) is 9.77. The molecule has 1 aromatic heterocycles. The van der Waals surface area contributed by atoms with Crippen LogP contribution in [0.25, 0.3) is 28.2 Å². The molecular formula is C25H17ClO5. The minimum atomic E-state index is -0.546. The van der Waals surface area contributed by atoms with Gasteiger partial charge in [0.2, 0.25) is 0 Å². The van der Waals surface area contributed by atoms with Gasteiger partial charge in [-0.1, -0.05) is 35.9 Å². The second-order valence-corrected chi connectivity index (χ2v) is 7.11. The van der Waals surface area contributed by atoms with E-state index in [4.69, 9.17) is 25.5 Å². The predicted molar refractivity (Wildman–Crippen MR) is 121 cm³/mol. The highest BCUT2D eigenvalue weighted by atomic mass is 35.5. The van der Waals surface area contributed by atoms with Crippen molar-refractivity contribution < 1.29 is 18.7 Å². The average Bonchev–Trinajstić information content (AvgIpc) is 2.79. The smallest absolute Gasteiger partial charge is 0.336 e. The third-order valence-corrected chi connectivity index (χ3v) is 4.90. The van der Waals surface area contributed by atoms with Gasteiger partial charge in [-0.05, 0) is 53.6 Å². The lowest BCUT2D eigenvalue weighted by atomic mass is 10.1. The maximum Gasteiger partial charge on any atom is 0.336 e. The van der Waals surface area contributed by atoms with Gasteiger partial charge < -0.3 is 13.9 Å². The summed E-state index contributed by atoms with van der Waals surface area (Å²) in [6.07, 6.45) is 4.36. The maximum absolute atomic E-state index is 12.8. The lowest BCUT2D eigenvalue weighted by molar-refractivity contribution is -0.128. The molecule has 0 aliphatic heterocycles. The van der Waals surface area contributed by atoms with Crippen molar-refractivity contribution in [2.24, 2.45) is 0 Å². The molecule has 0 saturated heterocycles. The summed E-state index contributed by atoms with van der Waals surface area (Å²) in [4.78, 5) is 25.0. The molecule has 0 amide bonds. The zero-order valence-corrected chi connectivity index (χ0v) is 17.3. The van der Waals surface area contributed by atoms with Crippen LogP contribution in [0.1, 0.15) is 5.56 Å². The van der Waals surface area contributed by atoms with Crippen molar-refractivity contribution in [1.29, 1.82) is 0 Å². The molecule has 0 aliphatic rings. The highest BCUT2D eigenvalue weighted by Crippen LogP contribution is 2.24. The topological polar surface area (TPSA) is 65.7 Å². The van der Waals surface area contributed by atoms with E-state index in [0.29, 0.717) is 27.1 Å². The van der Waals surface area contributed by atoms with E-state index in [1.54, 1.807) is 61.7 Å². The summed E-state index contributed by atoms with van der Waals surface area (Å²) in [7, 11) is 1.59. The van der Waals surface area contributed by atoms with Crippen LogP contribution in [0.2, 0.25) is 5.02 Å². The van der Waals surface area contributed by atoms with Crippen LogP contribution < -0.4 is 14.9 Å². The Bertz CT molecular complexity index is 1320. The Balaban J connectivity index is 1.53. The van der Waals surface area contributed by atoms with Gasteiger partial charge in [-0.25, -0.2) is 4.79 Å². The first-order chi connectivity index (χ1) is 15.0. The number of hydrogen-bond acceptors (Lipinski definition) is 5. The molecule has 4 rings (SSSR count). The summed E-state index contributed by atoms with van der Waals surface area (Å²) < 4.78 is 16.1. The van der Waals surface area contributed by atoms with Crippen LogP contribution in [0.5, 0.6) is 11.5 Å². The molecule has 1 heterocycles. The van der Waals surface area contributed by atoms with Crippen LogP contribution in [0.3, 0.4) is 0 Å². The molecule has 31 heavy (non-hydrogen) atoms. The minimum absolute atomic E-state index is 0.180. The summed E-state index contributed by atoms with van der Waals surface area (Å²) in [6.45, 7) is 0. The number of ether oxygens (including phenoxy) is 2. The van der Waals surface area contributed by atoms with E-state index in [1.165, 1.54) is 18.4 Å². The maximum atomic E-state index is 12.8. The standard InChI is InChI=1S/C25H17ClO5/c1-29-19-9-2-16(3-10-19)4-13-24(27)31-20-11-12-21-23(14-20)30-15-22(25(21)28)17-5-7-18(26)8-6-17/h2-15H,1H3. The first-order valence-electron chi connectivity index (χ1n) is 9.39. The molecule has 6 heteroatoms. The number of rotatable bonds is 5. The summed E-state index contributed by atoms with van der Waals surface area (Å²) in [5.74, 6) is 0.464. The first kappa shape index (κ1) is 20.4. The molecule has 0 N–H and O–H groups in total. The molecule has 0 saturated carbocycles. The van der Waals surface area contributed by atoms with E-state index in [1.807, 2.05) is 12.1 Å². The quantitative estimate of drug-likeness (QED) is 0.228. The fraction of sp³-hybridized carbons (Fsp3) is 0.0400. The van der Waals surface area contributed by atoms with Gasteiger partial charge in [0.1, 0.15) is 23.3 Å². The number of esters is 1. The summed E-state index contributed by atoms with van der Waals surface area (Å²) in [6, 6.07) is 18.8. The van der Waals surface area contributed by atoms with E-state index in [0.717, 1.165) is 11.3 Å². The molecule has 0 bridgehead atoms. The third-order valence-electron chi connectivity index (χ3n) is 4.65. The Morgan fingerprint density at radius 2 is 1.68 bits per heavy atom. The highest BCUT2D eigenvalue weighted by Gasteiger charge is 2.11. The van der Waals surface area contributed by atoms with Crippen molar-refractivity contribution in [3.63, 3.8) is 0 Å². The predicted octanol–water partition coefficient (Wildman–Crippen LogP) is 5.74. The molecular weight excluding hydrogens is 416 g/mol. The zero-order chi connectivity index (χ0) is 21.8. The van der Waals surface area contributed by atoms with Crippen molar-refractivity contribution in [2.75, 3.05) is 7.11 Å². The second-order valence-electron chi connectivity index (χ2n) is 6.67. The van der Waals surface area contributed by atoms with Gasteiger partial charge in [-0.3, -0.25) is 4.79 Å². The van der Waals surface area contributed by atoms with E-state index >= 15 is 0 Å². The molecule has 3 aromatic carbocycles. The molecule has 5 nitrogen and oxygen atoms in total. The Kier molecular flexibility index (Phi) is 5.87. The van der Waals surface area contributed by atoms with Gasteiger partial charge >= 0.3 is 5.97 Å². The summed E-state index contributed by atoms with van der Waals surface area (Å²) in [5.41, 5.74) is 2.11. The molecule has 154 valence electrons. The lowest BCUT2D eigenvalue weighted by Gasteiger charge is -2.05.